The van der Waals surface area contributed by atoms with Crippen LogP contribution in [0.5, 0.6) is 0 Å². The molecule has 2 aliphatic heterocycles. The number of amidine groups is 1. The van der Waals surface area contributed by atoms with E-state index in [1.165, 1.54) is 7.05 Å². The van der Waals surface area contributed by atoms with Crippen LogP contribution in [0.2, 0.25) is 0 Å². The average molecular weight is 368 g/mol. The van der Waals surface area contributed by atoms with Gasteiger partial charge in [0.05, 0.1) is 12.7 Å². The van der Waals surface area contributed by atoms with Crippen molar-refractivity contribution in [2.45, 2.75) is 49.8 Å². The highest BCUT2D eigenvalue weighted by molar-refractivity contribution is 8.14. The van der Waals surface area contributed by atoms with E-state index in [-0.39, 0.29) is 5.17 Å². The van der Waals surface area contributed by atoms with Gasteiger partial charge in [-0.25, -0.2) is 9.18 Å². The highest BCUT2D eigenvalue weighted by atomic mass is 32.2. The Hall–Kier alpha value is -1.64. The van der Waals surface area contributed by atoms with Gasteiger partial charge in [-0.05, 0) is 12.0 Å². The lowest BCUT2D eigenvalue weighted by Gasteiger charge is -2.39. The molecule has 0 unspecified atom stereocenters. The van der Waals surface area contributed by atoms with Crippen molar-refractivity contribution in [1.82, 2.24) is 4.90 Å². The molecule has 6 nitrogen and oxygen atoms in total. The van der Waals surface area contributed by atoms with Crippen LogP contribution >= 0.6 is 11.8 Å². The van der Waals surface area contributed by atoms with E-state index >= 15 is 4.39 Å². The Labute approximate surface area is 150 Å². The van der Waals surface area contributed by atoms with Crippen molar-refractivity contribution in [3.63, 3.8) is 0 Å². The number of carboxylic acid groups (broad SMARTS) is 1. The number of benzene rings is 1. The number of hydrogen-bond donors (Lipinski definition) is 1. The summed E-state index contributed by atoms with van der Waals surface area (Å²) in [5.74, 6) is 0. The molecule has 0 aliphatic carbocycles. The molecule has 1 N–H and O–H groups in total. The minimum atomic E-state index is -1.35. The number of halogens is 1. The lowest BCUT2D eigenvalue weighted by molar-refractivity contribution is -0.160. The van der Waals surface area contributed by atoms with E-state index in [4.69, 9.17) is 14.6 Å². The van der Waals surface area contributed by atoms with Gasteiger partial charge in [0.25, 0.3) is 0 Å². The van der Waals surface area contributed by atoms with Crippen molar-refractivity contribution in [3.05, 3.63) is 35.9 Å². The van der Waals surface area contributed by atoms with Crippen molar-refractivity contribution < 1.29 is 23.8 Å². The fourth-order valence-electron chi connectivity index (χ4n) is 2.91. The van der Waals surface area contributed by atoms with E-state index in [0.717, 1.165) is 22.2 Å². The maximum absolute atomic E-state index is 15.1. The summed E-state index contributed by atoms with van der Waals surface area (Å²) in [7, 11) is 1.39. The van der Waals surface area contributed by atoms with E-state index in [2.05, 4.69) is 4.99 Å². The normalized spacial score (nSPS) is 31.3. The van der Waals surface area contributed by atoms with Crippen molar-refractivity contribution in [2.75, 3.05) is 7.05 Å². The van der Waals surface area contributed by atoms with Gasteiger partial charge in [-0.1, -0.05) is 49.0 Å². The van der Waals surface area contributed by atoms with Crippen LogP contribution < -0.4 is 0 Å². The summed E-state index contributed by atoms with van der Waals surface area (Å²) in [5, 5.41) is 9.33. The Balaban J connectivity index is 1.72. The molecule has 1 amide bonds. The number of hydrogen-bond acceptors (Lipinski definition) is 5. The molecule has 25 heavy (non-hydrogen) atoms. The lowest BCUT2D eigenvalue weighted by atomic mass is 9.97. The van der Waals surface area contributed by atoms with Crippen LogP contribution in [0, 0.1) is 0 Å². The van der Waals surface area contributed by atoms with Crippen LogP contribution in [0.3, 0.4) is 0 Å². The standard InChI is InChI=1S/C17H21FN2O4S/c1-3-11-14(23-9-10-7-5-4-6-8-10)12(18)13-15(24-11)25-16(19-13)20(2)17(21)22/h4-8,11-15H,3,9H2,1-2H3,(H,21,22)/t11-,12-,13-,14-,15-/m1/s1. The molecule has 0 bridgehead atoms. The molecule has 2 aliphatic rings. The lowest BCUT2D eigenvalue weighted by Crippen LogP contribution is -2.53. The molecule has 0 aromatic heterocycles. The van der Waals surface area contributed by atoms with Gasteiger partial charge in [0, 0.05) is 7.05 Å². The molecule has 1 fully saturated rings. The molecule has 0 spiro atoms. The molecule has 0 radical (unpaired) electrons. The van der Waals surface area contributed by atoms with Gasteiger partial charge in [-0.3, -0.25) is 9.89 Å². The number of thioether (sulfide) groups is 1. The summed E-state index contributed by atoms with van der Waals surface area (Å²) in [4.78, 5) is 16.3. The minimum absolute atomic E-state index is 0.253. The van der Waals surface area contributed by atoms with Gasteiger partial charge in [-0.15, -0.1) is 0 Å². The Morgan fingerprint density at radius 1 is 1.44 bits per heavy atom. The van der Waals surface area contributed by atoms with E-state index in [0.29, 0.717) is 13.0 Å². The predicted octanol–water partition coefficient (Wildman–Crippen LogP) is 3.13. The molecule has 3 rings (SSSR count). The third kappa shape index (κ3) is 3.80. The van der Waals surface area contributed by atoms with Crippen molar-refractivity contribution in [2.24, 2.45) is 4.99 Å². The van der Waals surface area contributed by atoms with Crippen molar-refractivity contribution >= 4 is 23.0 Å². The smallest absolute Gasteiger partial charge is 0.413 e. The number of carbonyl (C=O) groups is 1. The first-order chi connectivity index (χ1) is 12.0. The largest absolute Gasteiger partial charge is 0.465 e. The number of ether oxygens (including phenoxy) is 2. The molecule has 8 heteroatoms. The molecule has 136 valence electrons. The van der Waals surface area contributed by atoms with Gasteiger partial charge in [0.2, 0.25) is 0 Å². The summed E-state index contributed by atoms with van der Waals surface area (Å²) in [6.45, 7) is 2.21. The number of fused-ring (bicyclic) bond motifs is 1. The summed E-state index contributed by atoms with van der Waals surface area (Å²) >= 11 is 1.15. The Bertz CT molecular complexity index is 645. The number of amides is 1. The van der Waals surface area contributed by atoms with Crippen LogP contribution in [0.1, 0.15) is 18.9 Å². The molecular weight excluding hydrogens is 347 g/mol. The van der Waals surface area contributed by atoms with Crippen LogP contribution in [-0.4, -0.2) is 58.2 Å². The fraction of sp³-hybridized carbons (Fsp3) is 0.529. The number of rotatable bonds is 4. The van der Waals surface area contributed by atoms with E-state index < -0.39 is 36.0 Å². The number of alkyl halides is 1. The minimum Gasteiger partial charge on any atom is -0.465 e. The topological polar surface area (TPSA) is 71.4 Å². The highest BCUT2D eigenvalue weighted by Gasteiger charge is 2.50. The van der Waals surface area contributed by atoms with Crippen molar-refractivity contribution in [1.29, 1.82) is 0 Å². The third-order valence-corrected chi connectivity index (χ3v) is 5.55. The molecule has 1 aromatic carbocycles. The third-order valence-electron chi connectivity index (χ3n) is 4.34. The number of aliphatic imine (C=N–C) groups is 1. The Morgan fingerprint density at radius 2 is 2.16 bits per heavy atom. The van der Waals surface area contributed by atoms with Gasteiger partial charge in [0.1, 0.15) is 17.6 Å². The molecule has 1 saturated heterocycles. The summed E-state index contributed by atoms with van der Waals surface area (Å²) in [6.07, 6.45) is -3.00. The van der Waals surface area contributed by atoms with Crippen LogP contribution in [-0.2, 0) is 16.1 Å². The molecule has 2 heterocycles. The first kappa shape index (κ1) is 18.2. The highest BCUT2D eigenvalue weighted by Crippen LogP contribution is 2.40. The average Bonchev–Trinajstić information content (AvgIpc) is 3.05. The molecule has 5 atom stereocenters. The maximum atomic E-state index is 15.1. The van der Waals surface area contributed by atoms with Crippen LogP contribution in [0.15, 0.2) is 35.3 Å². The van der Waals surface area contributed by atoms with E-state index in [1.54, 1.807) is 0 Å². The SMILES string of the molecule is CC[C@H]1O[C@@H]2SC(N(C)C(=O)O)=N[C@@H]2[C@@H](F)[C@@H]1OCc1ccccc1. The quantitative estimate of drug-likeness (QED) is 0.884. The van der Waals surface area contributed by atoms with Gasteiger partial charge in [-0.2, -0.15) is 0 Å². The van der Waals surface area contributed by atoms with Gasteiger partial charge >= 0.3 is 6.09 Å². The second kappa shape index (κ2) is 7.72. The monoisotopic (exact) mass is 368 g/mol. The zero-order valence-corrected chi connectivity index (χ0v) is 14.9. The Kier molecular flexibility index (Phi) is 5.61. The summed E-state index contributed by atoms with van der Waals surface area (Å²) < 4.78 is 26.9. The summed E-state index contributed by atoms with van der Waals surface area (Å²) in [6, 6.07) is 8.80. The van der Waals surface area contributed by atoms with Gasteiger partial charge < -0.3 is 14.6 Å². The fourth-order valence-corrected chi connectivity index (χ4v) is 4.09. The van der Waals surface area contributed by atoms with Crippen LogP contribution in [0.25, 0.3) is 0 Å². The molecule has 0 saturated carbocycles. The van der Waals surface area contributed by atoms with Crippen molar-refractivity contribution in [3.8, 4) is 0 Å². The van der Waals surface area contributed by atoms with E-state index in [9.17, 15) is 4.79 Å². The maximum Gasteiger partial charge on any atom is 0.413 e. The zero-order valence-electron chi connectivity index (χ0n) is 14.0. The molecular formula is C17H21FN2O4S. The second-order valence-electron chi connectivity index (χ2n) is 6.02. The van der Waals surface area contributed by atoms with Gasteiger partial charge in [0.15, 0.2) is 11.3 Å². The zero-order chi connectivity index (χ0) is 18.0. The van der Waals surface area contributed by atoms with Crippen LogP contribution in [0.4, 0.5) is 9.18 Å². The number of nitrogens with zero attached hydrogens (tertiary/aromatic N) is 2. The molecule has 1 aromatic rings. The van der Waals surface area contributed by atoms with E-state index in [1.807, 2.05) is 37.3 Å². The predicted molar refractivity (Wildman–Crippen MR) is 93.5 cm³/mol. The first-order valence-electron chi connectivity index (χ1n) is 8.17. The second-order valence-corrected chi connectivity index (χ2v) is 7.08. The summed E-state index contributed by atoms with van der Waals surface area (Å²) in [5.41, 5.74) is 0.440. The Morgan fingerprint density at radius 3 is 2.80 bits per heavy atom. The first-order valence-corrected chi connectivity index (χ1v) is 9.05.